The summed E-state index contributed by atoms with van der Waals surface area (Å²) < 4.78 is 5.32. The summed E-state index contributed by atoms with van der Waals surface area (Å²) in [4.78, 5) is 32.0. The van der Waals surface area contributed by atoms with Gasteiger partial charge in [0, 0.05) is 30.7 Å². The van der Waals surface area contributed by atoms with Crippen molar-refractivity contribution in [3.05, 3.63) is 96.5 Å². The summed E-state index contributed by atoms with van der Waals surface area (Å²) in [5.41, 5.74) is 2.65. The second-order valence-electron chi connectivity index (χ2n) is 9.11. The number of anilines is 2. The van der Waals surface area contributed by atoms with Crippen LogP contribution in [-0.2, 0) is 0 Å². The van der Waals surface area contributed by atoms with E-state index < -0.39 is 5.91 Å². The van der Waals surface area contributed by atoms with Crippen molar-refractivity contribution in [2.45, 2.75) is 20.8 Å². The molecule has 0 aliphatic carbocycles. The molecule has 7 heteroatoms. The van der Waals surface area contributed by atoms with Crippen molar-refractivity contribution < 1.29 is 14.1 Å². The predicted molar refractivity (Wildman–Crippen MR) is 132 cm³/mol. The Kier molecular flexibility index (Phi) is 6.54. The maximum Gasteiger partial charge on any atom is 0.296 e. The van der Waals surface area contributed by atoms with Crippen molar-refractivity contribution in [2.75, 3.05) is 16.8 Å². The molecule has 0 fully saturated rings. The first-order valence-corrected chi connectivity index (χ1v) is 11.0. The highest BCUT2D eigenvalue weighted by molar-refractivity contribution is 6.09. The highest BCUT2D eigenvalue weighted by Crippen LogP contribution is 2.26. The molecule has 2 aromatic carbocycles. The van der Waals surface area contributed by atoms with Crippen LogP contribution in [0.15, 0.2) is 89.7 Å². The first-order valence-electron chi connectivity index (χ1n) is 11.0. The molecule has 0 bridgehead atoms. The minimum atomic E-state index is -0.395. The zero-order chi connectivity index (χ0) is 24.1. The summed E-state index contributed by atoms with van der Waals surface area (Å²) in [6.45, 7) is 6.65. The Hall–Kier alpha value is -4.26. The normalized spacial score (nSPS) is 11.1. The lowest BCUT2D eigenvalue weighted by Gasteiger charge is -2.29. The monoisotopic (exact) mass is 454 g/mol. The van der Waals surface area contributed by atoms with Crippen LogP contribution in [0.3, 0.4) is 0 Å². The molecule has 2 amide bonds. The van der Waals surface area contributed by atoms with Crippen LogP contribution in [0.4, 0.5) is 11.5 Å². The van der Waals surface area contributed by atoms with Crippen molar-refractivity contribution in [3.8, 4) is 11.1 Å². The fraction of sp³-hybridized carbons (Fsp3) is 0.185. The van der Waals surface area contributed by atoms with Gasteiger partial charge in [-0.1, -0.05) is 74.5 Å². The zero-order valence-electron chi connectivity index (χ0n) is 19.4. The second-order valence-corrected chi connectivity index (χ2v) is 9.11. The van der Waals surface area contributed by atoms with E-state index in [0.29, 0.717) is 12.1 Å². The summed E-state index contributed by atoms with van der Waals surface area (Å²) >= 11 is 0. The molecule has 0 radical (unpaired) electrons. The van der Waals surface area contributed by atoms with Crippen LogP contribution in [0, 0.1) is 5.41 Å². The van der Waals surface area contributed by atoms with Gasteiger partial charge in [0.2, 0.25) is 5.76 Å². The first kappa shape index (κ1) is 22.9. The standard InChI is InChI=1S/C27H26N4O3/c1-27(2,3)18-31(20-12-8-5-9-13-20)26(33)23-16-24(30-34-23)29-25(32)22-17-28-15-14-21(22)19-10-6-4-7-11-19/h4-17H,18H2,1-3H3,(H,29,30,32). The minimum Gasteiger partial charge on any atom is -0.349 e. The SMILES string of the molecule is CC(C)(C)CN(C(=O)c1cc(NC(=O)c2cnccc2-c2ccccc2)no1)c1ccccc1. The van der Waals surface area contributed by atoms with Gasteiger partial charge < -0.3 is 14.7 Å². The predicted octanol–water partition coefficient (Wildman–Crippen LogP) is 5.68. The van der Waals surface area contributed by atoms with Crippen LogP contribution in [0.1, 0.15) is 41.7 Å². The van der Waals surface area contributed by atoms with Gasteiger partial charge in [-0.15, -0.1) is 0 Å². The maximum atomic E-state index is 13.3. The van der Waals surface area contributed by atoms with Crippen molar-refractivity contribution in [1.29, 1.82) is 0 Å². The van der Waals surface area contributed by atoms with Crippen LogP contribution < -0.4 is 10.2 Å². The van der Waals surface area contributed by atoms with Crippen molar-refractivity contribution in [2.24, 2.45) is 5.41 Å². The molecule has 0 saturated heterocycles. The highest BCUT2D eigenvalue weighted by Gasteiger charge is 2.27. The zero-order valence-corrected chi connectivity index (χ0v) is 19.4. The molecule has 34 heavy (non-hydrogen) atoms. The van der Waals surface area contributed by atoms with Crippen LogP contribution in [-0.4, -0.2) is 28.5 Å². The Morgan fingerprint density at radius 2 is 1.65 bits per heavy atom. The van der Waals surface area contributed by atoms with Gasteiger partial charge >= 0.3 is 0 Å². The summed E-state index contributed by atoms with van der Waals surface area (Å²) in [5.74, 6) is -0.535. The molecule has 0 atom stereocenters. The van der Waals surface area contributed by atoms with Crippen LogP contribution in [0.25, 0.3) is 11.1 Å². The number of nitrogens with zero attached hydrogens (tertiary/aromatic N) is 3. The molecule has 0 aliphatic heterocycles. The van der Waals surface area contributed by atoms with Gasteiger partial charge in [-0.05, 0) is 34.7 Å². The lowest BCUT2D eigenvalue weighted by molar-refractivity contribution is 0.0941. The average Bonchev–Trinajstić information content (AvgIpc) is 3.31. The Labute approximate surface area is 198 Å². The third kappa shape index (κ3) is 5.38. The van der Waals surface area contributed by atoms with Crippen molar-refractivity contribution in [1.82, 2.24) is 10.1 Å². The lowest BCUT2D eigenvalue weighted by Crippen LogP contribution is -2.37. The molecule has 7 nitrogen and oxygen atoms in total. The van der Waals surface area contributed by atoms with E-state index in [4.69, 9.17) is 4.52 Å². The third-order valence-electron chi connectivity index (χ3n) is 5.06. The summed E-state index contributed by atoms with van der Waals surface area (Å²) in [7, 11) is 0. The van der Waals surface area contributed by atoms with E-state index in [2.05, 4.69) is 36.2 Å². The number of benzene rings is 2. The second kappa shape index (κ2) is 9.70. The lowest BCUT2D eigenvalue weighted by atomic mass is 9.95. The Balaban J connectivity index is 1.56. The Bertz CT molecular complexity index is 1280. The van der Waals surface area contributed by atoms with Crippen LogP contribution in [0.5, 0.6) is 0 Å². The molecular weight excluding hydrogens is 428 g/mol. The quantitative estimate of drug-likeness (QED) is 0.405. The van der Waals surface area contributed by atoms with Gasteiger partial charge in [-0.2, -0.15) is 0 Å². The van der Waals surface area contributed by atoms with E-state index in [1.165, 1.54) is 12.3 Å². The number of para-hydroxylation sites is 1. The van der Waals surface area contributed by atoms with E-state index in [1.54, 1.807) is 17.2 Å². The number of aromatic nitrogens is 2. The molecule has 4 aromatic rings. The van der Waals surface area contributed by atoms with E-state index in [1.807, 2.05) is 60.7 Å². The molecule has 4 rings (SSSR count). The number of hydrogen-bond acceptors (Lipinski definition) is 5. The van der Waals surface area contributed by atoms with Crippen molar-refractivity contribution >= 4 is 23.3 Å². The number of pyridine rings is 1. The van der Waals surface area contributed by atoms with Gasteiger partial charge in [-0.25, -0.2) is 0 Å². The average molecular weight is 455 g/mol. The first-order chi connectivity index (χ1) is 16.3. The summed E-state index contributed by atoms with van der Waals surface area (Å²) in [5, 5.41) is 6.62. The number of hydrogen-bond donors (Lipinski definition) is 1. The molecule has 172 valence electrons. The number of rotatable bonds is 6. The summed E-state index contributed by atoms with van der Waals surface area (Å²) in [6.07, 6.45) is 3.14. The van der Waals surface area contributed by atoms with Gasteiger partial charge in [0.1, 0.15) is 0 Å². The largest absolute Gasteiger partial charge is 0.349 e. The van der Waals surface area contributed by atoms with Gasteiger partial charge in [0.25, 0.3) is 11.8 Å². The smallest absolute Gasteiger partial charge is 0.296 e. The van der Waals surface area contributed by atoms with E-state index in [0.717, 1.165) is 16.8 Å². The third-order valence-corrected chi connectivity index (χ3v) is 5.06. The molecule has 2 heterocycles. The van der Waals surface area contributed by atoms with E-state index in [9.17, 15) is 9.59 Å². The summed E-state index contributed by atoms with van der Waals surface area (Å²) in [6, 6.07) is 22.2. The molecule has 0 aliphatic rings. The topological polar surface area (TPSA) is 88.3 Å². The van der Waals surface area contributed by atoms with Crippen molar-refractivity contribution in [3.63, 3.8) is 0 Å². The minimum absolute atomic E-state index is 0.0397. The molecule has 0 saturated carbocycles. The number of carbonyl (C=O) groups excluding carboxylic acids is 2. The molecular formula is C27H26N4O3. The molecule has 0 spiro atoms. The highest BCUT2D eigenvalue weighted by atomic mass is 16.5. The molecule has 2 aromatic heterocycles. The van der Waals surface area contributed by atoms with E-state index in [-0.39, 0.29) is 22.9 Å². The fourth-order valence-electron chi connectivity index (χ4n) is 3.56. The number of carbonyl (C=O) groups is 2. The van der Waals surface area contributed by atoms with Gasteiger partial charge in [0.05, 0.1) is 5.56 Å². The van der Waals surface area contributed by atoms with Crippen LogP contribution in [0.2, 0.25) is 0 Å². The number of nitrogens with one attached hydrogen (secondary N) is 1. The Morgan fingerprint density at radius 1 is 0.971 bits per heavy atom. The van der Waals surface area contributed by atoms with Gasteiger partial charge in [0.15, 0.2) is 5.82 Å². The maximum absolute atomic E-state index is 13.3. The fourth-order valence-corrected chi connectivity index (χ4v) is 3.56. The number of amides is 2. The van der Waals surface area contributed by atoms with Crippen LogP contribution >= 0.6 is 0 Å². The van der Waals surface area contributed by atoms with E-state index >= 15 is 0 Å². The molecule has 0 unspecified atom stereocenters. The van der Waals surface area contributed by atoms with Gasteiger partial charge in [-0.3, -0.25) is 14.6 Å². The Morgan fingerprint density at radius 3 is 2.32 bits per heavy atom. The molecule has 1 N–H and O–H groups in total.